The van der Waals surface area contributed by atoms with Crippen molar-refractivity contribution in [3.63, 3.8) is 0 Å². The second-order valence-corrected chi connectivity index (χ2v) is 4.13. The molecule has 2 aliphatic rings. The Hall–Kier alpha value is -0.625. The summed E-state index contributed by atoms with van der Waals surface area (Å²) in [6.45, 7) is 1.75. The van der Waals surface area contributed by atoms with Gasteiger partial charge in [0.1, 0.15) is 12.3 Å². The van der Waals surface area contributed by atoms with Gasteiger partial charge in [0, 0.05) is 0 Å². The molecule has 0 aromatic heterocycles. The van der Waals surface area contributed by atoms with Gasteiger partial charge in [-0.25, -0.2) is 0 Å². The topological polar surface area (TPSA) is 96.0 Å². The van der Waals surface area contributed by atoms with E-state index in [-0.39, 0.29) is 18.2 Å². The van der Waals surface area contributed by atoms with E-state index in [1.54, 1.807) is 6.92 Å². The Balaban J connectivity index is 2.19. The molecule has 84 valence electrons. The molecule has 1 amide bonds. The number of amides is 1. The third kappa shape index (κ3) is 1.65. The van der Waals surface area contributed by atoms with E-state index in [2.05, 4.69) is 0 Å². The number of nitrogens with two attached hydrogens (primary N) is 1. The van der Waals surface area contributed by atoms with E-state index in [0.717, 1.165) is 0 Å². The summed E-state index contributed by atoms with van der Waals surface area (Å²) in [5.41, 5.74) is 5.66. The first-order valence-electron chi connectivity index (χ1n) is 5.11. The average molecular weight is 214 g/mol. The highest BCUT2D eigenvalue weighted by molar-refractivity contribution is 6.43. The maximum Gasteiger partial charge on any atom is 0.475 e. The van der Waals surface area contributed by atoms with E-state index in [1.165, 1.54) is 4.90 Å². The molecule has 4 atom stereocenters. The van der Waals surface area contributed by atoms with Crippen LogP contribution in [0.25, 0.3) is 0 Å². The summed E-state index contributed by atoms with van der Waals surface area (Å²) in [7, 11) is -1.52. The Kier molecular flexibility index (Phi) is 2.72. The number of carbonyl (C=O) groups excluding carboxylic acids is 1. The number of nitrogens with zero attached hydrogens (tertiary/aromatic N) is 1. The molecular formula is C8H15BN2O4. The normalized spacial score (nSPS) is 40.5. The lowest BCUT2D eigenvalue weighted by Gasteiger charge is -2.39. The molecule has 0 aliphatic carbocycles. The number of fused-ring (bicyclic) bond motifs is 1. The van der Waals surface area contributed by atoms with Crippen molar-refractivity contribution in [3.05, 3.63) is 0 Å². The van der Waals surface area contributed by atoms with Gasteiger partial charge in [0.2, 0.25) is 5.91 Å². The first-order chi connectivity index (χ1) is 7.02. The van der Waals surface area contributed by atoms with Crippen molar-refractivity contribution in [1.29, 1.82) is 0 Å². The first kappa shape index (κ1) is 10.9. The lowest BCUT2D eigenvalue weighted by Crippen LogP contribution is -2.62. The lowest BCUT2D eigenvalue weighted by molar-refractivity contribution is -0.171. The standard InChI is InChI=1S/C8H15BN2O4/c1-4-7(10)8(12)11-5(9(13)14)2-3-6(11)15-4/h4-7,13-14H,2-3,10H2,1H3/t4-,5+,6+,7+/m1/s1. The van der Waals surface area contributed by atoms with E-state index >= 15 is 0 Å². The Bertz CT molecular complexity index is 275. The molecule has 0 bridgehead atoms. The summed E-state index contributed by atoms with van der Waals surface area (Å²) in [5.74, 6) is -0.838. The van der Waals surface area contributed by atoms with Crippen molar-refractivity contribution >= 4 is 13.0 Å². The van der Waals surface area contributed by atoms with Crippen molar-refractivity contribution in [1.82, 2.24) is 4.90 Å². The highest BCUT2D eigenvalue weighted by atomic mass is 16.5. The Morgan fingerprint density at radius 1 is 1.53 bits per heavy atom. The van der Waals surface area contributed by atoms with E-state index < -0.39 is 19.1 Å². The van der Waals surface area contributed by atoms with Crippen LogP contribution in [0.5, 0.6) is 0 Å². The van der Waals surface area contributed by atoms with Gasteiger partial charge in [-0.3, -0.25) is 4.79 Å². The predicted molar refractivity (Wildman–Crippen MR) is 52.4 cm³/mol. The van der Waals surface area contributed by atoms with Crippen LogP contribution >= 0.6 is 0 Å². The van der Waals surface area contributed by atoms with Gasteiger partial charge in [-0.2, -0.15) is 0 Å². The molecule has 2 heterocycles. The minimum atomic E-state index is -1.52. The highest BCUT2D eigenvalue weighted by Crippen LogP contribution is 2.31. The Morgan fingerprint density at radius 2 is 2.20 bits per heavy atom. The van der Waals surface area contributed by atoms with Crippen LogP contribution in [0.15, 0.2) is 0 Å². The summed E-state index contributed by atoms with van der Waals surface area (Å²) >= 11 is 0. The summed E-state index contributed by atoms with van der Waals surface area (Å²) in [6, 6.07) is -0.708. The molecule has 7 heteroatoms. The van der Waals surface area contributed by atoms with Gasteiger partial charge < -0.3 is 25.4 Å². The molecule has 0 unspecified atom stereocenters. The third-order valence-electron chi connectivity index (χ3n) is 3.14. The zero-order valence-corrected chi connectivity index (χ0v) is 8.54. The van der Waals surface area contributed by atoms with Gasteiger partial charge in [0.15, 0.2) is 0 Å². The third-order valence-corrected chi connectivity index (χ3v) is 3.14. The summed E-state index contributed by atoms with van der Waals surface area (Å²) in [6.07, 6.45) is 0.505. The largest absolute Gasteiger partial charge is 0.475 e. The van der Waals surface area contributed by atoms with Crippen LogP contribution in [0.4, 0.5) is 0 Å². The van der Waals surface area contributed by atoms with Gasteiger partial charge in [0.25, 0.3) is 0 Å². The number of hydrogen-bond acceptors (Lipinski definition) is 5. The maximum atomic E-state index is 11.8. The van der Waals surface area contributed by atoms with E-state index in [9.17, 15) is 4.79 Å². The monoisotopic (exact) mass is 214 g/mol. The molecular weight excluding hydrogens is 199 g/mol. The van der Waals surface area contributed by atoms with Crippen molar-refractivity contribution in [3.8, 4) is 0 Å². The SMILES string of the molecule is C[C@H]1O[C@H]2CC[C@@H](B(O)O)N2C(=O)[C@H]1N. The second kappa shape index (κ2) is 3.75. The van der Waals surface area contributed by atoms with Gasteiger partial charge >= 0.3 is 7.12 Å². The molecule has 2 aliphatic heterocycles. The van der Waals surface area contributed by atoms with Crippen molar-refractivity contribution in [2.75, 3.05) is 0 Å². The van der Waals surface area contributed by atoms with Crippen LogP contribution in [-0.4, -0.2) is 52.3 Å². The van der Waals surface area contributed by atoms with Crippen LogP contribution in [0.2, 0.25) is 0 Å². The van der Waals surface area contributed by atoms with Crippen molar-refractivity contribution in [2.45, 2.75) is 44.1 Å². The number of hydrogen-bond donors (Lipinski definition) is 3. The molecule has 0 saturated carbocycles. The first-order valence-corrected chi connectivity index (χ1v) is 5.11. The smallest absolute Gasteiger partial charge is 0.426 e. The van der Waals surface area contributed by atoms with Gasteiger partial charge in [0.05, 0.1) is 12.0 Å². The number of carbonyl (C=O) groups is 1. The lowest BCUT2D eigenvalue weighted by atomic mass is 9.77. The Labute approximate surface area is 88.1 Å². The average Bonchev–Trinajstić information content (AvgIpc) is 2.58. The fourth-order valence-corrected chi connectivity index (χ4v) is 2.24. The molecule has 2 saturated heterocycles. The fourth-order valence-electron chi connectivity index (χ4n) is 2.24. The molecule has 4 N–H and O–H groups in total. The van der Waals surface area contributed by atoms with Crippen molar-refractivity contribution < 1.29 is 19.6 Å². The predicted octanol–water partition coefficient (Wildman–Crippen LogP) is -1.94. The van der Waals surface area contributed by atoms with Crippen LogP contribution in [0.3, 0.4) is 0 Å². The molecule has 0 radical (unpaired) electrons. The molecule has 15 heavy (non-hydrogen) atoms. The minimum Gasteiger partial charge on any atom is -0.426 e. The summed E-state index contributed by atoms with van der Waals surface area (Å²) < 4.78 is 5.53. The van der Waals surface area contributed by atoms with Gasteiger partial charge in [-0.15, -0.1) is 0 Å². The van der Waals surface area contributed by atoms with E-state index in [1.807, 2.05) is 0 Å². The van der Waals surface area contributed by atoms with Crippen LogP contribution in [-0.2, 0) is 9.53 Å². The molecule has 0 spiro atoms. The Morgan fingerprint density at radius 3 is 2.80 bits per heavy atom. The molecule has 0 aromatic rings. The highest BCUT2D eigenvalue weighted by Gasteiger charge is 2.49. The molecule has 2 rings (SSSR count). The van der Waals surface area contributed by atoms with E-state index in [4.69, 9.17) is 20.5 Å². The zero-order chi connectivity index (χ0) is 11.2. The zero-order valence-electron chi connectivity index (χ0n) is 8.54. The molecule has 2 fully saturated rings. The number of rotatable bonds is 1. The van der Waals surface area contributed by atoms with E-state index in [0.29, 0.717) is 12.8 Å². The fraction of sp³-hybridized carbons (Fsp3) is 0.875. The molecule has 6 nitrogen and oxygen atoms in total. The van der Waals surface area contributed by atoms with Crippen LogP contribution in [0, 0.1) is 0 Å². The summed E-state index contributed by atoms with van der Waals surface area (Å²) in [5, 5.41) is 18.3. The maximum absolute atomic E-state index is 11.8. The summed E-state index contributed by atoms with van der Waals surface area (Å²) in [4.78, 5) is 13.2. The van der Waals surface area contributed by atoms with Crippen molar-refractivity contribution in [2.24, 2.45) is 5.73 Å². The second-order valence-electron chi connectivity index (χ2n) is 4.13. The van der Waals surface area contributed by atoms with Gasteiger partial charge in [-0.05, 0) is 19.8 Å². The molecule has 0 aromatic carbocycles. The van der Waals surface area contributed by atoms with Crippen LogP contribution in [0.1, 0.15) is 19.8 Å². The minimum absolute atomic E-state index is 0.255. The quantitative estimate of drug-likeness (QED) is 0.441. The number of ether oxygens (including phenoxy) is 1. The van der Waals surface area contributed by atoms with Gasteiger partial charge in [-0.1, -0.05) is 0 Å². The van der Waals surface area contributed by atoms with Crippen LogP contribution < -0.4 is 5.73 Å².